The molecule has 2 heterocycles. The normalized spacial score (nSPS) is 11.9. The number of rotatable bonds is 2. The number of aromatic nitrogens is 4. The van der Waals surface area contributed by atoms with E-state index in [0.717, 1.165) is 18.2 Å². The third-order valence-electron chi connectivity index (χ3n) is 2.62. The van der Waals surface area contributed by atoms with Gasteiger partial charge in [0.2, 0.25) is 9.97 Å². The number of amides is 1. The Morgan fingerprint density at radius 2 is 1.91 bits per heavy atom. The number of alkyl halides is 3. The zero-order valence-corrected chi connectivity index (χ0v) is 11.5. The lowest BCUT2D eigenvalue weighted by atomic mass is 10.3. The molecule has 1 N–H and O–H groups in total. The summed E-state index contributed by atoms with van der Waals surface area (Å²) in [6, 6.07) is 2.62. The molecule has 0 atom stereocenters. The van der Waals surface area contributed by atoms with Crippen molar-refractivity contribution in [2.24, 2.45) is 0 Å². The second kappa shape index (κ2) is 5.22. The van der Waals surface area contributed by atoms with Gasteiger partial charge < -0.3 is 5.32 Å². The average molecular weight is 349 g/mol. The fraction of sp³-hybridized carbons (Fsp3) is 0.0909. The van der Waals surface area contributed by atoms with Crippen LogP contribution in [0.3, 0.4) is 0 Å². The first-order chi connectivity index (χ1) is 10.8. The number of nitrogens with zero attached hydrogens (tertiary/aromatic N) is 4. The molecular formula is C11H4F5N5OS. The summed E-state index contributed by atoms with van der Waals surface area (Å²) < 4.78 is 64.2. The average Bonchev–Trinajstić information content (AvgIpc) is 3.01. The van der Waals surface area contributed by atoms with Crippen molar-refractivity contribution in [3.63, 3.8) is 0 Å². The molecule has 23 heavy (non-hydrogen) atoms. The topological polar surface area (TPSA) is 72.2 Å². The third-order valence-corrected chi connectivity index (χ3v) is 3.51. The fourth-order valence-electron chi connectivity index (χ4n) is 1.64. The lowest BCUT2D eigenvalue weighted by molar-refractivity contribution is -0.146. The van der Waals surface area contributed by atoms with E-state index >= 15 is 0 Å². The third kappa shape index (κ3) is 2.84. The number of nitrogens with one attached hydrogen (secondary N) is 1. The van der Waals surface area contributed by atoms with Crippen LogP contribution >= 0.6 is 11.3 Å². The Balaban J connectivity index is 1.89. The maximum atomic E-state index is 13.0. The van der Waals surface area contributed by atoms with Crippen LogP contribution in [0.2, 0.25) is 0 Å². The van der Waals surface area contributed by atoms with E-state index in [1.54, 1.807) is 0 Å². The zero-order chi connectivity index (χ0) is 16.8. The van der Waals surface area contributed by atoms with Gasteiger partial charge in [0.25, 0.3) is 11.7 Å². The minimum absolute atomic E-state index is 0.0732. The highest BCUT2D eigenvalue weighted by Crippen LogP contribution is 2.29. The molecule has 0 aliphatic rings. The summed E-state index contributed by atoms with van der Waals surface area (Å²) in [5, 5.41) is 11.6. The van der Waals surface area contributed by atoms with Crippen molar-refractivity contribution in [3.05, 3.63) is 40.7 Å². The van der Waals surface area contributed by atoms with E-state index in [0.29, 0.717) is 15.9 Å². The van der Waals surface area contributed by atoms with Crippen LogP contribution in [0.5, 0.6) is 0 Å². The quantitative estimate of drug-likeness (QED) is 0.722. The number of carbonyl (C=O) groups is 1. The highest BCUT2D eigenvalue weighted by molar-refractivity contribution is 7.18. The molecule has 0 unspecified atom stereocenters. The minimum atomic E-state index is -4.78. The first-order valence-electron chi connectivity index (χ1n) is 5.81. The summed E-state index contributed by atoms with van der Waals surface area (Å²) in [5.74, 6) is -4.54. The zero-order valence-electron chi connectivity index (χ0n) is 10.7. The molecule has 0 aliphatic heterocycles. The van der Waals surface area contributed by atoms with E-state index in [1.807, 2.05) is 0 Å². The second-order valence-electron chi connectivity index (χ2n) is 4.21. The SMILES string of the molecule is O=C(Nc1ccc(F)c(F)c1)c1nn2c(C(F)(F)F)nnc2s1. The van der Waals surface area contributed by atoms with Gasteiger partial charge in [0, 0.05) is 11.8 Å². The summed E-state index contributed by atoms with van der Waals surface area (Å²) in [7, 11) is 0. The van der Waals surface area contributed by atoms with Crippen LogP contribution in [0, 0.1) is 11.6 Å². The predicted octanol–water partition coefficient (Wildman–Crippen LogP) is 2.74. The Kier molecular flexibility index (Phi) is 3.47. The largest absolute Gasteiger partial charge is 0.453 e. The van der Waals surface area contributed by atoms with Gasteiger partial charge in [-0.2, -0.15) is 17.7 Å². The highest BCUT2D eigenvalue weighted by atomic mass is 32.1. The van der Waals surface area contributed by atoms with Crippen molar-refractivity contribution < 1.29 is 26.7 Å². The lowest BCUT2D eigenvalue weighted by Crippen LogP contribution is -2.15. The molecule has 6 nitrogen and oxygen atoms in total. The van der Waals surface area contributed by atoms with Crippen LogP contribution in [-0.4, -0.2) is 25.7 Å². The minimum Gasteiger partial charge on any atom is -0.320 e. The number of hydrogen-bond donors (Lipinski definition) is 1. The standard InChI is InChI=1S/C11H4F5N5OS/c12-5-2-1-4(3-6(5)13)17-7(22)8-20-21-9(11(14,15)16)18-19-10(21)23-8/h1-3H,(H,17,22). The van der Waals surface area contributed by atoms with E-state index in [2.05, 4.69) is 20.6 Å². The molecule has 1 amide bonds. The van der Waals surface area contributed by atoms with Gasteiger partial charge >= 0.3 is 6.18 Å². The van der Waals surface area contributed by atoms with Gasteiger partial charge in [0.15, 0.2) is 11.6 Å². The summed E-state index contributed by atoms with van der Waals surface area (Å²) in [6.07, 6.45) is -4.78. The van der Waals surface area contributed by atoms with Crippen molar-refractivity contribution in [2.45, 2.75) is 6.18 Å². The van der Waals surface area contributed by atoms with E-state index < -0.39 is 29.5 Å². The lowest BCUT2D eigenvalue weighted by Gasteiger charge is -2.03. The van der Waals surface area contributed by atoms with Gasteiger partial charge in [0.1, 0.15) is 0 Å². The smallest absolute Gasteiger partial charge is 0.320 e. The predicted molar refractivity (Wildman–Crippen MR) is 68.0 cm³/mol. The maximum Gasteiger partial charge on any atom is 0.453 e. The van der Waals surface area contributed by atoms with Crippen molar-refractivity contribution in [1.82, 2.24) is 19.8 Å². The number of benzene rings is 1. The van der Waals surface area contributed by atoms with Crippen LogP contribution in [0.25, 0.3) is 4.96 Å². The number of carbonyl (C=O) groups excluding carboxylic acids is 1. The van der Waals surface area contributed by atoms with E-state index in [4.69, 9.17) is 0 Å². The Labute approximate surface area is 127 Å². The van der Waals surface area contributed by atoms with E-state index in [1.165, 1.54) is 0 Å². The molecule has 12 heteroatoms. The van der Waals surface area contributed by atoms with Gasteiger partial charge in [-0.3, -0.25) is 4.79 Å². The van der Waals surface area contributed by atoms with Crippen LogP contribution in [0.4, 0.5) is 27.6 Å². The molecule has 2 aromatic heterocycles. The van der Waals surface area contributed by atoms with Crippen LogP contribution < -0.4 is 5.32 Å². The van der Waals surface area contributed by atoms with Crippen LogP contribution in [-0.2, 0) is 6.18 Å². The molecule has 0 saturated heterocycles. The number of anilines is 1. The van der Waals surface area contributed by atoms with Gasteiger partial charge in [-0.05, 0) is 12.1 Å². The Morgan fingerprint density at radius 3 is 2.57 bits per heavy atom. The van der Waals surface area contributed by atoms with Crippen molar-refractivity contribution >= 4 is 27.9 Å². The van der Waals surface area contributed by atoms with Crippen molar-refractivity contribution in [2.75, 3.05) is 5.32 Å². The molecule has 3 aromatic rings. The fourth-order valence-corrected chi connectivity index (χ4v) is 2.38. The molecule has 0 bridgehead atoms. The number of halogens is 5. The first-order valence-corrected chi connectivity index (χ1v) is 6.63. The second-order valence-corrected chi connectivity index (χ2v) is 5.16. The van der Waals surface area contributed by atoms with Gasteiger partial charge in [0.05, 0.1) is 0 Å². The number of hydrogen-bond acceptors (Lipinski definition) is 5. The molecule has 1 aromatic carbocycles. The summed E-state index contributed by atoms with van der Waals surface area (Å²) in [5.41, 5.74) is -0.0732. The van der Waals surface area contributed by atoms with Gasteiger partial charge in [-0.25, -0.2) is 8.78 Å². The molecule has 0 spiro atoms. The maximum absolute atomic E-state index is 13.0. The number of fused-ring (bicyclic) bond motifs is 1. The molecule has 0 saturated carbocycles. The summed E-state index contributed by atoms with van der Waals surface area (Å²) >= 11 is 0.567. The van der Waals surface area contributed by atoms with E-state index in [9.17, 15) is 26.7 Å². The molecule has 0 fully saturated rings. The van der Waals surface area contributed by atoms with E-state index in [-0.39, 0.29) is 15.7 Å². The Morgan fingerprint density at radius 1 is 1.17 bits per heavy atom. The Bertz CT molecular complexity index is 902. The van der Waals surface area contributed by atoms with Gasteiger partial charge in [-0.15, -0.1) is 15.3 Å². The van der Waals surface area contributed by atoms with Crippen molar-refractivity contribution in [3.8, 4) is 0 Å². The molecule has 0 aliphatic carbocycles. The van der Waals surface area contributed by atoms with Crippen LogP contribution in [0.1, 0.15) is 15.6 Å². The highest BCUT2D eigenvalue weighted by Gasteiger charge is 2.38. The summed E-state index contributed by atoms with van der Waals surface area (Å²) in [4.78, 5) is 11.7. The molecule has 3 rings (SSSR count). The monoisotopic (exact) mass is 349 g/mol. The Hall–Kier alpha value is -2.63. The van der Waals surface area contributed by atoms with Gasteiger partial charge in [-0.1, -0.05) is 11.3 Å². The van der Waals surface area contributed by atoms with Crippen LogP contribution in [0.15, 0.2) is 18.2 Å². The molecule has 0 radical (unpaired) electrons. The van der Waals surface area contributed by atoms with Crippen molar-refractivity contribution in [1.29, 1.82) is 0 Å². The molecular weight excluding hydrogens is 345 g/mol. The molecule has 120 valence electrons. The summed E-state index contributed by atoms with van der Waals surface area (Å²) in [6.45, 7) is 0. The first kappa shape index (κ1) is 15.3.